The molecule has 4 aromatic rings. The SMILES string of the molecule is O=C(Cc1ccn2c1CSC2c1cccnc1)Nc1cccc(C(=O)c2ccccc2)c1. The summed E-state index contributed by atoms with van der Waals surface area (Å²) < 4.78 is 2.23. The fraction of sp³-hybridized carbons (Fsp3) is 0.115. The number of anilines is 1. The molecule has 0 fully saturated rings. The van der Waals surface area contributed by atoms with Gasteiger partial charge in [0.25, 0.3) is 0 Å². The molecule has 0 saturated heterocycles. The molecule has 0 saturated carbocycles. The third-order valence-electron chi connectivity index (χ3n) is 5.51. The van der Waals surface area contributed by atoms with Crippen LogP contribution in [0.4, 0.5) is 5.69 Å². The van der Waals surface area contributed by atoms with Crippen LogP contribution in [0, 0.1) is 0 Å². The quantitative estimate of drug-likeness (QED) is 0.425. The van der Waals surface area contributed by atoms with E-state index in [9.17, 15) is 9.59 Å². The van der Waals surface area contributed by atoms with Crippen LogP contribution < -0.4 is 5.32 Å². The van der Waals surface area contributed by atoms with Crippen molar-refractivity contribution in [2.75, 3.05) is 5.32 Å². The largest absolute Gasteiger partial charge is 0.334 e. The number of benzene rings is 2. The Morgan fingerprint density at radius 2 is 1.84 bits per heavy atom. The number of fused-ring (bicyclic) bond motifs is 1. The van der Waals surface area contributed by atoms with Crippen LogP contribution in [-0.4, -0.2) is 21.2 Å². The number of thioether (sulfide) groups is 1. The van der Waals surface area contributed by atoms with Crippen molar-refractivity contribution in [3.8, 4) is 0 Å². The summed E-state index contributed by atoms with van der Waals surface area (Å²) in [6, 6.07) is 22.3. The average molecular weight is 440 g/mol. The highest BCUT2D eigenvalue weighted by molar-refractivity contribution is 7.99. The minimum absolute atomic E-state index is 0.0644. The average Bonchev–Trinajstić information content (AvgIpc) is 3.43. The second-order valence-corrected chi connectivity index (χ2v) is 8.71. The number of carbonyl (C=O) groups is 2. The third kappa shape index (κ3) is 4.09. The topological polar surface area (TPSA) is 64.0 Å². The summed E-state index contributed by atoms with van der Waals surface area (Å²) in [5.74, 6) is 0.694. The number of hydrogen-bond acceptors (Lipinski definition) is 4. The molecule has 1 aliphatic heterocycles. The molecule has 158 valence electrons. The minimum atomic E-state index is -0.0989. The van der Waals surface area contributed by atoms with Crippen LogP contribution in [0.3, 0.4) is 0 Å². The molecule has 32 heavy (non-hydrogen) atoms. The zero-order valence-electron chi connectivity index (χ0n) is 17.3. The maximum atomic E-state index is 12.8. The van der Waals surface area contributed by atoms with E-state index in [1.807, 2.05) is 48.3 Å². The van der Waals surface area contributed by atoms with Gasteiger partial charge < -0.3 is 9.88 Å². The Morgan fingerprint density at radius 1 is 1.00 bits per heavy atom. The summed E-state index contributed by atoms with van der Waals surface area (Å²) >= 11 is 1.83. The first-order chi connectivity index (χ1) is 15.7. The van der Waals surface area contributed by atoms with Gasteiger partial charge in [-0.25, -0.2) is 0 Å². The second kappa shape index (κ2) is 8.85. The highest BCUT2D eigenvalue weighted by Crippen LogP contribution is 2.41. The highest BCUT2D eigenvalue weighted by Gasteiger charge is 2.26. The smallest absolute Gasteiger partial charge is 0.228 e. The maximum absolute atomic E-state index is 12.8. The molecule has 2 aromatic heterocycles. The van der Waals surface area contributed by atoms with Crippen LogP contribution in [0.15, 0.2) is 91.4 Å². The van der Waals surface area contributed by atoms with Crippen LogP contribution in [0.1, 0.15) is 38.1 Å². The van der Waals surface area contributed by atoms with Crippen molar-refractivity contribution in [2.45, 2.75) is 17.5 Å². The molecule has 5 nitrogen and oxygen atoms in total. The van der Waals surface area contributed by atoms with Crippen molar-refractivity contribution in [3.05, 3.63) is 119 Å². The number of rotatable bonds is 6. The van der Waals surface area contributed by atoms with Crippen molar-refractivity contribution < 1.29 is 9.59 Å². The van der Waals surface area contributed by atoms with Crippen LogP contribution in [0.5, 0.6) is 0 Å². The Hall–Kier alpha value is -3.64. The van der Waals surface area contributed by atoms with Gasteiger partial charge in [0.05, 0.1) is 6.42 Å². The number of nitrogens with one attached hydrogen (secondary N) is 1. The third-order valence-corrected chi connectivity index (χ3v) is 6.77. The van der Waals surface area contributed by atoms with E-state index in [-0.39, 0.29) is 17.1 Å². The van der Waals surface area contributed by atoms with E-state index in [4.69, 9.17) is 0 Å². The number of aromatic nitrogens is 2. The van der Waals surface area contributed by atoms with Gasteiger partial charge in [-0.1, -0.05) is 48.5 Å². The fourth-order valence-corrected chi connectivity index (χ4v) is 5.30. The van der Waals surface area contributed by atoms with E-state index in [1.165, 1.54) is 5.69 Å². The molecule has 1 atom stereocenters. The van der Waals surface area contributed by atoms with Gasteiger partial charge in [0.15, 0.2) is 5.78 Å². The van der Waals surface area contributed by atoms with E-state index >= 15 is 0 Å². The zero-order chi connectivity index (χ0) is 21.9. The lowest BCUT2D eigenvalue weighted by molar-refractivity contribution is -0.115. The minimum Gasteiger partial charge on any atom is -0.334 e. The van der Waals surface area contributed by atoms with Gasteiger partial charge in [-0.3, -0.25) is 14.6 Å². The van der Waals surface area contributed by atoms with Gasteiger partial charge in [-0.05, 0) is 29.8 Å². The van der Waals surface area contributed by atoms with Crippen LogP contribution in [0.2, 0.25) is 0 Å². The van der Waals surface area contributed by atoms with Crippen LogP contribution >= 0.6 is 11.8 Å². The standard InChI is InChI=1S/C26H21N3O2S/c30-24(28-22-10-4-8-20(14-22)25(31)18-6-2-1-3-7-18)15-19-11-13-29-23(19)17-32-26(29)21-9-5-12-27-16-21/h1-14,16,26H,15,17H2,(H,28,30). The predicted octanol–water partition coefficient (Wildman–Crippen LogP) is 5.09. The number of pyridine rings is 1. The lowest BCUT2D eigenvalue weighted by Gasteiger charge is -2.12. The van der Waals surface area contributed by atoms with Crippen LogP contribution in [0.25, 0.3) is 0 Å². The number of nitrogens with zero attached hydrogens (tertiary/aromatic N) is 2. The van der Waals surface area contributed by atoms with Gasteiger partial charge in [0.2, 0.25) is 5.91 Å². The van der Waals surface area contributed by atoms with Gasteiger partial charge in [-0.15, -0.1) is 11.8 Å². The Kier molecular flexibility index (Phi) is 5.60. The number of amides is 1. The van der Waals surface area contributed by atoms with Gasteiger partial charge in [0.1, 0.15) is 5.37 Å². The first-order valence-electron chi connectivity index (χ1n) is 10.4. The number of ketones is 1. The summed E-state index contributed by atoms with van der Waals surface area (Å²) in [5.41, 5.74) is 5.15. The number of carbonyl (C=O) groups excluding carboxylic acids is 2. The van der Waals surface area contributed by atoms with Crippen molar-refractivity contribution in [1.29, 1.82) is 0 Å². The fourth-order valence-electron chi connectivity index (χ4n) is 3.96. The summed E-state index contributed by atoms with van der Waals surface area (Å²) in [6.45, 7) is 0. The Bertz CT molecular complexity index is 1270. The second-order valence-electron chi connectivity index (χ2n) is 7.65. The highest BCUT2D eigenvalue weighted by atomic mass is 32.2. The first kappa shape index (κ1) is 20.3. The molecular weight excluding hydrogens is 418 g/mol. The molecule has 0 aliphatic carbocycles. The van der Waals surface area contributed by atoms with Crippen molar-refractivity contribution in [1.82, 2.24) is 9.55 Å². The monoisotopic (exact) mass is 439 g/mol. The zero-order valence-corrected chi connectivity index (χ0v) is 18.1. The molecular formula is C26H21N3O2S. The summed E-state index contributed by atoms with van der Waals surface area (Å²) in [5, 5.41) is 3.13. The Balaban J connectivity index is 1.28. The van der Waals surface area contributed by atoms with E-state index in [0.29, 0.717) is 23.2 Å². The van der Waals surface area contributed by atoms with Crippen molar-refractivity contribution in [2.24, 2.45) is 0 Å². The molecule has 1 unspecified atom stereocenters. The molecule has 0 spiro atoms. The van der Waals surface area contributed by atoms with Gasteiger partial charge >= 0.3 is 0 Å². The summed E-state index contributed by atoms with van der Waals surface area (Å²) in [7, 11) is 0. The molecule has 0 radical (unpaired) electrons. The van der Waals surface area contributed by atoms with Gasteiger partial charge in [-0.2, -0.15) is 0 Å². The molecule has 1 aliphatic rings. The molecule has 3 heterocycles. The lowest BCUT2D eigenvalue weighted by atomic mass is 10.0. The van der Waals surface area contributed by atoms with E-state index < -0.39 is 0 Å². The lowest BCUT2D eigenvalue weighted by Crippen LogP contribution is -2.15. The molecule has 5 rings (SSSR count). The van der Waals surface area contributed by atoms with Gasteiger partial charge in [0, 0.05) is 52.4 Å². The molecule has 6 heteroatoms. The molecule has 2 aromatic carbocycles. The molecule has 0 bridgehead atoms. The van der Waals surface area contributed by atoms with E-state index in [2.05, 4.69) is 27.1 Å². The Labute approximate surface area is 190 Å². The normalized spacial score (nSPS) is 14.7. The van der Waals surface area contributed by atoms with E-state index in [0.717, 1.165) is 16.9 Å². The van der Waals surface area contributed by atoms with Crippen molar-refractivity contribution in [3.63, 3.8) is 0 Å². The predicted molar refractivity (Wildman–Crippen MR) is 127 cm³/mol. The van der Waals surface area contributed by atoms with Crippen LogP contribution in [-0.2, 0) is 17.0 Å². The Morgan fingerprint density at radius 3 is 2.66 bits per heavy atom. The summed E-state index contributed by atoms with van der Waals surface area (Å²) in [4.78, 5) is 29.7. The molecule has 1 amide bonds. The maximum Gasteiger partial charge on any atom is 0.228 e. The van der Waals surface area contributed by atoms with Crippen molar-refractivity contribution >= 4 is 29.1 Å². The first-order valence-corrected chi connectivity index (χ1v) is 11.4. The summed E-state index contributed by atoms with van der Waals surface area (Å²) in [6.07, 6.45) is 6.01. The van der Waals surface area contributed by atoms with E-state index in [1.54, 1.807) is 42.6 Å². The molecule has 1 N–H and O–H groups in total. The number of hydrogen-bond donors (Lipinski definition) is 1.